The van der Waals surface area contributed by atoms with Gasteiger partial charge in [-0.05, 0) is 12.8 Å². The highest BCUT2D eigenvalue weighted by Gasteiger charge is 2.06. The number of aliphatic hydroxyl groups is 2. The van der Waals surface area contributed by atoms with E-state index in [0.717, 1.165) is 25.2 Å². The summed E-state index contributed by atoms with van der Waals surface area (Å²) >= 11 is 0. The number of aliphatic imine (C=N–C) groups is 1. The Hall–Kier alpha value is -0.610. The van der Waals surface area contributed by atoms with Crippen LogP contribution in [0.15, 0.2) is 4.99 Å². The van der Waals surface area contributed by atoms with Crippen molar-refractivity contribution in [3.63, 3.8) is 0 Å². The average Bonchev–Trinajstić information content (AvgIpc) is 2.42. The molecular formula is C9H18N2O2. The van der Waals surface area contributed by atoms with Gasteiger partial charge in [0.05, 0.1) is 18.5 Å². The maximum absolute atomic E-state index is 9.09. The molecule has 1 atom stereocenters. The Morgan fingerprint density at radius 2 is 2.23 bits per heavy atom. The Labute approximate surface area is 78.7 Å². The van der Waals surface area contributed by atoms with Crippen molar-refractivity contribution in [1.29, 1.82) is 0 Å². The lowest BCUT2D eigenvalue weighted by Crippen LogP contribution is -2.33. The van der Waals surface area contributed by atoms with Gasteiger partial charge in [-0.1, -0.05) is 6.42 Å². The molecule has 0 amide bonds. The molecule has 1 rings (SSSR count). The van der Waals surface area contributed by atoms with Crippen LogP contribution in [0.4, 0.5) is 0 Å². The van der Waals surface area contributed by atoms with Crippen LogP contribution in [0.5, 0.6) is 0 Å². The number of hydrogen-bond acceptors (Lipinski definition) is 4. The van der Waals surface area contributed by atoms with Crippen molar-refractivity contribution in [2.45, 2.75) is 31.8 Å². The fourth-order valence-electron chi connectivity index (χ4n) is 1.32. The highest BCUT2D eigenvalue weighted by atomic mass is 16.3. The third-order valence-electron chi connectivity index (χ3n) is 2.13. The second kappa shape index (κ2) is 5.94. The molecule has 1 aliphatic rings. The minimum absolute atomic E-state index is 0.194. The number of nitrogens with zero attached hydrogens (tertiary/aromatic N) is 1. The van der Waals surface area contributed by atoms with Crippen LogP contribution in [0.2, 0.25) is 0 Å². The van der Waals surface area contributed by atoms with Gasteiger partial charge in [0.15, 0.2) is 0 Å². The third-order valence-corrected chi connectivity index (χ3v) is 2.13. The van der Waals surface area contributed by atoms with Crippen LogP contribution in [0.25, 0.3) is 0 Å². The van der Waals surface area contributed by atoms with E-state index in [1.165, 1.54) is 12.8 Å². The van der Waals surface area contributed by atoms with Crippen LogP contribution < -0.4 is 5.32 Å². The van der Waals surface area contributed by atoms with Gasteiger partial charge in [0.1, 0.15) is 0 Å². The summed E-state index contributed by atoms with van der Waals surface area (Å²) in [6.45, 7) is 1.09. The summed E-state index contributed by atoms with van der Waals surface area (Å²) in [5, 5.41) is 20.7. The van der Waals surface area contributed by atoms with E-state index in [1.54, 1.807) is 0 Å². The van der Waals surface area contributed by atoms with Gasteiger partial charge in [0.2, 0.25) is 0 Å². The zero-order valence-corrected chi connectivity index (χ0v) is 7.87. The number of aliphatic hydroxyl groups excluding tert-OH is 2. The molecule has 0 aliphatic carbocycles. The highest BCUT2D eigenvalue weighted by Crippen LogP contribution is 2.05. The van der Waals surface area contributed by atoms with Gasteiger partial charge in [-0.2, -0.15) is 0 Å². The summed E-state index contributed by atoms with van der Waals surface area (Å²) < 4.78 is 0. The molecule has 0 aromatic carbocycles. The molecule has 0 aromatic heterocycles. The maximum Gasteiger partial charge on any atom is 0.0963 e. The largest absolute Gasteiger partial charge is 0.394 e. The summed E-state index contributed by atoms with van der Waals surface area (Å²) in [4.78, 5) is 4.34. The molecule has 1 aliphatic heterocycles. The second-order valence-corrected chi connectivity index (χ2v) is 3.36. The van der Waals surface area contributed by atoms with E-state index < -0.39 is 6.10 Å². The van der Waals surface area contributed by atoms with Crippen molar-refractivity contribution >= 4 is 5.84 Å². The molecule has 3 N–H and O–H groups in total. The van der Waals surface area contributed by atoms with Crippen molar-refractivity contribution in [1.82, 2.24) is 5.32 Å². The third kappa shape index (κ3) is 4.24. The molecule has 13 heavy (non-hydrogen) atoms. The number of rotatable bonds is 3. The number of hydrogen-bond donors (Lipinski definition) is 3. The fraction of sp³-hybridized carbons (Fsp3) is 0.889. The second-order valence-electron chi connectivity index (χ2n) is 3.36. The number of nitrogens with one attached hydrogen (secondary N) is 1. The standard InChI is InChI=1S/C9H18N2O2/c12-7-8(13)6-11-9-4-2-1-3-5-10-9/h8,12-13H,1-7H2,(H,10,11). The Morgan fingerprint density at radius 3 is 3.00 bits per heavy atom. The van der Waals surface area contributed by atoms with Crippen LogP contribution in [0.3, 0.4) is 0 Å². The van der Waals surface area contributed by atoms with E-state index in [1.807, 2.05) is 0 Å². The molecule has 0 radical (unpaired) electrons. The summed E-state index contributed by atoms with van der Waals surface area (Å²) in [6, 6.07) is 0. The molecular weight excluding hydrogens is 168 g/mol. The van der Waals surface area contributed by atoms with Crippen LogP contribution >= 0.6 is 0 Å². The quantitative estimate of drug-likeness (QED) is 0.577. The molecule has 4 nitrogen and oxygen atoms in total. The van der Waals surface area contributed by atoms with E-state index >= 15 is 0 Å². The summed E-state index contributed by atoms with van der Waals surface area (Å²) in [5.74, 6) is 0.977. The van der Waals surface area contributed by atoms with Crippen LogP contribution in [-0.4, -0.2) is 41.8 Å². The van der Waals surface area contributed by atoms with Crippen molar-refractivity contribution in [2.24, 2.45) is 4.99 Å². The Kier molecular flexibility index (Phi) is 4.78. The van der Waals surface area contributed by atoms with Crippen molar-refractivity contribution < 1.29 is 10.2 Å². The zero-order valence-electron chi connectivity index (χ0n) is 7.87. The highest BCUT2D eigenvalue weighted by molar-refractivity contribution is 5.82. The normalized spacial score (nSPS) is 20.3. The molecule has 4 heteroatoms. The first-order valence-corrected chi connectivity index (χ1v) is 4.89. The molecule has 76 valence electrons. The summed E-state index contributed by atoms with van der Waals surface area (Å²) in [5.41, 5.74) is 0. The van der Waals surface area contributed by atoms with Gasteiger partial charge >= 0.3 is 0 Å². The molecule has 0 bridgehead atoms. The van der Waals surface area contributed by atoms with Crippen LogP contribution in [0, 0.1) is 0 Å². The lowest BCUT2D eigenvalue weighted by atomic mass is 10.2. The minimum atomic E-state index is -0.675. The monoisotopic (exact) mass is 186 g/mol. The van der Waals surface area contributed by atoms with E-state index in [-0.39, 0.29) is 6.61 Å². The van der Waals surface area contributed by atoms with E-state index in [4.69, 9.17) is 10.2 Å². The van der Waals surface area contributed by atoms with Gasteiger partial charge in [-0.3, -0.25) is 4.99 Å². The van der Waals surface area contributed by atoms with Crippen molar-refractivity contribution in [2.75, 3.05) is 19.7 Å². The first-order valence-electron chi connectivity index (χ1n) is 4.89. The SMILES string of the molecule is OCC(O)CNC1=NCCCCC1. The first-order chi connectivity index (χ1) is 6.33. The van der Waals surface area contributed by atoms with Gasteiger partial charge in [0, 0.05) is 19.5 Å². The molecule has 0 fully saturated rings. The predicted molar refractivity (Wildman–Crippen MR) is 51.9 cm³/mol. The first kappa shape index (κ1) is 10.5. The summed E-state index contributed by atoms with van der Waals surface area (Å²) in [6.07, 6.45) is 3.86. The molecule has 0 saturated carbocycles. The van der Waals surface area contributed by atoms with Crippen LogP contribution in [-0.2, 0) is 0 Å². The molecule has 0 saturated heterocycles. The molecule has 0 aromatic rings. The predicted octanol–water partition coefficient (Wildman–Crippen LogP) is -0.0983. The zero-order chi connectivity index (χ0) is 9.52. The maximum atomic E-state index is 9.09. The lowest BCUT2D eigenvalue weighted by molar-refractivity contribution is 0.0981. The van der Waals surface area contributed by atoms with Gasteiger partial charge in [-0.25, -0.2) is 0 Å². The Morgan fingerprint density at radius 1 is 1.38 bits per heavy atom. The van der Waals surface area contributed by atoms with Gasteiger partial charge in [0.25, 0.3) is 0 Å². The molecule has 1 heterocycles. The summed E-state index contributed by atoms with van der Waals surface area (Å²) in [7, 11) is 0. The van der Waals surface area contributed by atoms with Gasteiger partial charge in [-0.15, -0.1) is 0 Å². The van der Waals surface area contributed by atoms with E-state index in [0.29, 0.717) is 6.54 Å². The minimum Gasteiger partial charge on any atom is -0.394 e. The smallest absolute Gasteiger partial charge is 0.0963 e. The topological polar surface area (TPSA) is 64.8 Å². The Bertz CT molecular complexity index is 171. The Balaban J connectivity index is 2.22. The van der Waals surface area contributed by atoms with E-state index in [9.17, 15) is 0 Å². The van der Waals surface area contributed by atoms with Crippen molar-refractivity contribution in [3.05, 3.63) is 0 Å². The van der Waals surface area contributed by atoms with E-state index in [2.05, 4.69) is 10.3 Å². The average molecular weight is 186 g/mol. The van der Waals surface area contributed by atoms with Crippen LogP contribution in [0.1, 0.15) is 25.7 Å². The molecule has 0 spiro atoms. The van der Waals surface area contributed by atoms with Gasteiger partial charge < -0.3 is 15.5 Å². The fourth-order valence-corrected chi connectivity index (χ4v) is 1.32. The lowest BCUT2D eigenvalue weighted by Gasteiger charge is -2.11. The number of amidine groups is 1. The van der Waals surface area contributed by atoms with Crippen molar-refractivity contribution in [3.8, 4) is 0 Å². The molecule has 1 unspecified atom stereocenters.